The monoisotopic (exact) mass is 395 g/mol. The summed E-state index contributed by atoms with van der Waals surface area (Å²) >= 11 is 1.75. The van der Waals surface area contributed by atoms with Gasteiger partial charge in [0, 0.05) is 50.6 Å². The predicted octanol–water partition coefficient (Wildman–Crippen LogP) is 2.03. The average molecular weight is 396 g/mol. The summed E-state index contributed by atoms with van der Waals surface area (Å²) in [4.78, 5) is 11.9. The van der Waals surface area contributed by atoms with E-state index in [1.165, 1.54) is 12.8 Å². The molecule has 0 radical (unpaired) electrons. The van der Waals surface area contributed by atoms with Crippen LogP contribution in [0.15, 0.2) is 10.4 Å². The molecule has 0 saturated carbocycles. The molecule has 2 aliphatic heterocycles. The minimum absolute atomic E-state index is 0.199. The van der Waals surface area contributed by atoms with Crippen LogP contribution < -0.4 is 15.5 Å². The number of hydrogen-bond acceptors (Lipinski definition) is 6. The van der Waals surface area contributed by atoms with Crippen molar-refractivity contribution in [3.63, 3.8) is 0 Å². The van der Waals surface area contributed by atoms with Gasteiger partial charge in [0.05, 0.1) is 25.0 Å². The van der Waals surface area contributed by atoms with Crippen LogP contribution >= 0.6 is 11.3 Å². The van der Waals surface area contributed by atoms with Gasteiger partial charge in [0.2, 0.25) is 0 Å². The third-order valence-corrected chi connectivity index (χ3v) is 5.70. The first kappa shape index (κ1) is 20.4. The van der Waals surface area contributed by atoms with Crippen molar-refractivity contribution in [2.75, 3.05) is 50.9 Å². The van der Waals surface area contributed by atoms with Crippen molar-refractivity contribution in [1.29, 1.82) is 0 Å². The summed E-state index contributed by atoms with van der Waals surface area (Å²) in [7, 11) is 0. The Labute approximate surface area is 166 Å². The van der Waals surface area contributed by atoms with Crippen molar-refractivity contribution in [3.05, 3.63) is 11.1 Å². The molecule has 2 aliphatic rings. The van der Waals surface area contributed by atoms with Crippen molar-refractivity contribution in [1.82, 2.24) is 15.6 Å². The zero-order chi connectivity index (χ0) is 18.9. The summed E-state index contributed by atoms with van der Waals surface area (Å²) in [6.45, 7) is 10.2. The first-order valence-electron chi connectivity index (χ1n) is 10.2. The van der Waals surface area contributed by atoms with Crippen LogP contribution in [0.1, 0.15) is 38.8 Å². The molecule has 2 saturated heterocycles. The molecule has 152 valence electrons. The van der Waals surface area contributed by atoms with Crippen LogP contribution in [-0.2, 0) is 15.9 Å². The lowest BCUT2D eigenvalue weighted by Gasteiger charge is -2.19. The van der Waals surface area contributed by atoms with E-state index < -0.39 is 0 Å². The number of guanidine groups is 1. The van der Waals surface area contributed by atoms with Crippen LogP contribution in [0.25, 0.3) is 0 Å². The summed E-state index contributed by atoms with van der Waals surface area (Å²) < 4.78 is 11.2. The number of nitrogens with one attached hydrogen (secondary N) is 2. The van der Waals surface area contributed by atoms with Gasteiger partial charge < -0.3 is 25.0 Å². The fourth-order valence-corrected chi connectivity index (χ4v) is 4.18. The van der Waals surface area contributed by atoms with Crippen LogP contribution in [0.4, 0.5) is 5.13 Å². The molecule has 0 aliphatic carbocycles. The average Bonchev–Trinajstić information content (AvgIpc) is 3.41. The van der Waals surface area contributed by atoms with Crippen LogP contribution in [0, 0.1) is 0 Å². The Hall–Kier alpha value is -1.38. The van der Waals surface area contributed by atoms with E-state index in [1.54, 1.807) is 11.3 Å². The third kappa shape index (κ3) is 6.62. The highest BCUT2D eigenvalue weighted by atomic mass is 32.1. The Morgan fingerprint density at radius 3 is 3.07 bits per heavy atom. The van der Waals surface area contributed by atoms with Gasteiger partial charge in [0.15, 0.2) is 11.1 Å². The zero-order valence-electron chi connectivity index (χ0n) is 16.6. The molecular formula is C19H33N5O2S. The molecule has 2 unspecified atom stereocenters. The lowest BCUT2D eigenvalue weighted by Crippen LogP contribution is -2.44. The Morgan fingerprint density at radius 2 is 2.33 bits per heavy atom. The number of aromatic nitrogens is 1. The van der Waals surface area contributed by atoms with Crippen molar-refractivity contribution in [2.45, 2.75) is 51.7 Å². The first-order valence-corrected chi connectivity index (χ1v) is 11.1. The molecule has 2 fully saturated rings. The summed E-state index contributed by atoms with van der Waals surface area (Å²) in [5, 5.41) is 10.1. The Morgan fingerprint density at radius 1 is 1.48 bits per heavy atom. The normalized spacial score (nSPS) is 21.6. The van der Waals surface area contributed by atoms with Gasteiger partial charge >= 0.3 is 0 Å². The molecule has 2 N–H and O–H groups in total. The van der Waals surface area contributed by atoms with Gasteiger partial charge in [-0.3, -0.25) is 4.99 Å². The Bertz CT molecular complexity index is 582. The number of thiazole rings is 1. The molecule has 8 heteroatoms. The third-order valence-electron chi connectivity index (χ3n) is 4.75. The maximum Gasteiger partial charge on any atom is 0.191 e. The minimum Gasteiger partial charge on any atom is -0.379 e. The Kier molecular flexibility index (Phi) is 8.16. The first-order chi connectivity index (χ1) is 13.2. The summed E-state index contributed by atoms with van der Waals surface area (Å²) in [5.41, 5.74) is 1.14. The topological polar surface area (TPSA) is 71.0 Å². The van der Waals surface area contributed by atoms with Gasteiger partial charge in [0.1, 0.15) is 0 Å². The van der Waals surface area contributed by atoms with Crippen LogP contribution in [-0.4, -0.2) is 69.1 Å². The second kappa shape index (κ2) is 10.8. The number of hydrogen-bond donors (Lipinski definition) is 2. The number of rotatable bonds is 9. The van der Waals surface area contributed by atoms with Gasteiger partial charge in [-0.15, -0.1) is 11.3 Å². The summed E-state index contributed by atoms with van der Waals surface area (Å²) in [6.07, 6.45) is 4.67. The molecule has 0 aromatic carbocycles. The molecule has 3 rings (SSSR count). The summed E-state index contributed by atoms with van der Waals surface area (Å²) in [5.74, 6) is 0.839. The van der Waals surface area contributed by atoms with E-state index in [0.717, 1.165) is 62.4 Å². The van der Waals surface area contributed by atoms with Crippen LogP contribution in [0.2, 0.25) is 0 Å². The van der Waals surface area contributed by atoms with Crippen LogP contribution in [0.5, 0.6) is 0 Å². The smallest absolute Gasteiger partial charge is 0.191 e. The highest BCUT2D eigenvalue weighted by Gasteiger charge is 2.17. The lowest BCUT2D eigenvalue weighted by atomic mass is 10.3. The number of ether oxygens (including phenoxy) is 2. The van der Waals surface area contributed by atoms with E-state index in [2.05, 4.69) is 34.8 Å². The lowest BCUT2D eigenvalue weighted by molar-refractivity contribution is 0.0347. The molecule has 1 aromatic heterocycles. The fraction of sp³-hybridized carbons (Fsp3) is 0.789. The maximum absolute atomic E-state index is 5.89. The quantitative estimate of drug-likeness (QED) is 0.493. The highest BCUT2D eigenvalue weighted by molar-refractivity contribution is 7.13. The fourth-order valence-electron chi connectivity index (χ4n) is 3.27. The number of aliphatic imine (C=N–C) groups is 1. The van der Waals surface area contributed by atoms with Gasteiger partial charge in [-0.25, -0.2) is 4.98 Å². The SMILES string of the molecule is CCNC(=NCCc1csc(N2CCCC2)n1)NC(C)COC1CCOC1. The molecule has 3 heterocycles. The van der Waals surface area contributed by atoms with Gasteiger partial charge in [-0.2, -0.15) is 0 Å². The summed E-state index contributed by atoms with van der Waals surface area (Å²) in [6, 6.07) is 0.199. The van der Waals surface area contributed by atoms with Gasteiger partial charge in [0.25, 0.3) is 0 Å². The second-order valence-corrected chi connectivity index (χ2v) is 8.03. The zero-order valence-corrected chi connectivity index (χ0v) is 17.4. The minimum atomic E-state index is 0.199. The molecular weight excluding hydrogens is 362 g/mol. The highest BCUT2D eigenvalue weighted by Crippen LogP contribution is 2.24. The van der Waals surface area contributed by atoms with E-state index >= 15 is 0 Å². The van der Waals surface area contributed by atoms with E-state index in [-0.39, 0.29) is 12.1 Å². The molecule has 2 atom stereocenters. The van der Waals surface area contributed by atoms with Crippen molar-refractivity contribution >= 4 is 22.4 Å². The van der Waals surface area contributed by atoms with Crippen molar-refractivity contribution in [3.8, 4) is 0 Å². The molecule has 7 nitrogen and oxygen atoms in total. The Balaban J connectivity index is 1.42. The van der Waals surface area contributed by atoms with Gasteiger partial charge in [-0.1, -0.05) is 0 Å². The van der Waals surface area contributed by atoms with Crippen molar-refractivity contribution in [2.24, 2.45) is 4.99 Å². The van der Waals surface area contributed by atoms with Crippen molar-refractivity contribution < 1.29 is 9.47 Å². The molecule has 0 bridgehead atoms. The van der Waals surface area contributed by atoms with E-state index in [9.17, 15) is 0 Å². The molecule has 0 spiro atoms. The molecule has 1 aromatic rings. The second-order valence-electron chi connectivity index (χ2n) is 7.19. The van der Waals surface area contributed by atoms with E-state index in [1.807, 2.05) is 0 Å². The number of nitrogens with zero attached hydrogens (tertiary/aromatic N) is 3. The maximum atomic E-state index is 5.89. The number of anilines is 1. The standard InChI is InChI=1S/C19H33N5O2S/c1-3-20-18(22-15(2)12-26-17-7-11-25-13-17)21-8-6-16-14-27-19(23-16)24-9-4-5-10-24/h14-15,17H,3-13H2,1-2H3,(H2,20,21,22). The van der Waals surface area contributed by atoms with Crippen LogP contribution in [0.3, 0.4) is 0 Å². The molecule has 0 amide bonds. The van der Waals surface area contributed by atoms with Gasteiger partial charge in [-0.05, 0) is 33.1 Å². The van der Waals surface area contributed by atoms with E-state index in [4.69, 9.17) is 19.5 Å². The predicted molar refractivity (Wildman–Crippen MR) is 111 cm³/mol. The largest absolute Gasteiger partial charge is 0.379 e. The van der Waals surface area contributed by atoms with E-state index in [0.29, 0.717) is 13.2 Å². The molecule has 27 heavy (non-hydrogen) atoms.